The van der Waals surface area contributed by atoms with E-state index in [2.05, 4.69) is 15.5 Å². The van der Waals surface area contributed by atoms with Gasteiger partial charge in [0.15, 0.2) is 0 Å². The normalized spacial score (nSPS) is 20.5. The van der Waals surface area contributed by atoms with Crippen LogP contribution in [0.5, 0.6) is 0 Å². The van der Waals surface area contributed by atoms with Crippen molar-refractivity contribution in [3.63, 3.8) is 0 Å². The molecule has 1 saturated carbocycles. The second-order valence-corrected chi connectivity index (χ2v) is 7.92. The van der Waals surface area contributed by atoms with E-state index in [9.17, 15) is 14.0 Å². The van der Waals surface area contributed by atoms with E-state index >= 15 is 0 Å². The summed E-state index contributed by atoms with van der Waals surface area (Å²) in [5.41, 5.74) is 2.28. The number of aromatic nitrogens is 4. The first kappa shape index (κ1) is 19.3. The van der Waals surface area contributed by atoms with Crippen molar-refractivity contribution >= 4 is 11.8 Å². The van der Waals surface area contributed by atoms with Crippen LogP contribution >= 0.6 is 0 Å². The van der Waals surface area contributed by atoms with E-state index in [0.717, 1.165) is 12.0 Å². The predicted molar refractivity (Wildman–Crippen MR) is 109 cm³/mol. The van der Waals surface area contributed by atoms with Gasteiger partial charge in [0.2, 0.25) is 5.91 Å². The van der Waals surface area contributed by atoms with Crippen LogP contribution in [0.3, 0.4) is 0 Å². The van der Waals surface area contributed by atoms with Crippen molar-refractivity contribution in [3.8, 4) is 5.69 Å². The van der Waals surface area contributed by atoms with Gasteiger partial charge in [0, 0.05) is 37.7 Å². The minimum absolute atomic E-state index is 0.0410. The van der Waals surface area contributed by atoms with Crippen LogP contribution < -0.4 is 0 Å². The minimum atomic E-state index is -0.267. The van der Waals surface area contributed by atoms with Crippen molar-refractivity contribution in [2.75, 3.05) is 26.2 Å². The van der Waals surface area contributed by atoms with Crippen molar-refractivity contribution in [1.82, 2.24) is 30.0 Å². The Hall–Kier alpha value is -3.62. The van der Waals surface area contributed by atoms with Crippen molar-refractivity contribution in [3.05, 3.63) is 71.8 Å². The van der Waals surface area contributed by atoms with Gasteiger partial charge < -0.3 is 9.80 Å². The van der Waals surface area contributed by atoms with Gasteiger partial charge in [-0.1, -0.05) is 18.2 Å². The maximum absolute atomic E-state index is 13.1. The summed E-state index contributed by atoms with van der Waals surface area (Å²) in [5.74, 6) is -0.0845. The molecular formula is C22H21FN6O2. The molecule has 0 N–H and O–H groups in total. The van der Waals surface area contributed by atoms with Gasteiger partial charge in [-0.05, 0) is 58.7 Å². The zero-order valence-corrected chi connectivity index (χ0v) is 16.8. The third-order valence-corrected chi connectivity index (χ3v) is 5.99. The number of piperazine rings is 1. The van der Waals surface area contributed by atoms with Crippen LogP contribution in [0.25, 0.3) is 5.69 Å². The zero-order chi connectivity index (χ0) is 21.4. The summed E-state index contributed by atoms with van der Waals surface area (Å²) in [7, 11) is 0. The quantitative estimate of drug-likeness (QED) is 0.644. The van der Waals surface area contributed by atoms with Crippen LogP contribution in [-0.2, 0) is 4.79 Å². The third-order valence-electron chi connectivity index (χ3n) is 5.99. The van der Waals surface area contributed by atoms with Gasteiger partial charge in [0.25, 0.3) is 5.91 Å². The fourth-order valence-electron chi connectivity index (χ4n) is 4.15. The number of rotatable bonds is 4. The van der Waals surface area contributed by atoms with E-state index in [-0.39, 0.29) is 29.5 Å². The summed E-state index contributed by atoms with van der Waals surface area (Å²) >= 11 is 0. The summed E-state index contributed by atoms with van der Waals surface area (Å²) in [5, 5.41) is 11.1. The van der Waals surface area contributed by atoms with Crippen molar-refractivity contribution in [2.24, 2.45) is 5.92 Å². The largest absolute Gasteiger partial charge is 0.339 e. The Balaban J connectivity index is 1.18. The molecule has 2 heterocycles. The first-order chi connectivity index (χ1) is 15.1. The number of amides is 2. The molecule has 31 heavy (non-hydrogen) atoms. The zero-order valence-electron chi connectivity index (χ0n) is 16.8. The van der Waals surface area contributed by atoms with E-state index in [1.54, 1.807) is 35.2 Å². The summed E-state index contributed by atoms with van der Waals surface area (Å²) < 4.78 is 14.6. The molecule has 1 aromatic heterocycles. The van der Waals surface area contributed by atoms with Gasteiger partial charge in [0.1, 0.15) is 12.1 Å². The van der Waals surface area contributed by atoms with Crippen LogP contribution in [0.1, 0.15) is 28.3 Å². The lowest BCUT2D eigenvalue weighted by Crippen LogP contribution is -2.51. The Kier molecular flexibility index (Phi) is 4.93. The number of halogens is 1. The number of nitrogens with zero attached hydrogens (tertiary/aromatic N) is 6. The van der Waals surface area contributed by atoms with Gasteiger partial charge in [-0.3, -0.25) is 9.59 Å². The molecule has 1 aliphatic heterocycles. The molecule has 1 unspecified atom stereocenters. The maximum Gasteiger partial charge on any atom is 0.254 e. The number of benzene rings is 2. The highest BCUT2D eigenvalue weighted by Crippen LogP contribution is 2.48. The second-order valence-electron chi connectivity index (χ2n) is 7.92. The van der Waals surface area contributed by atoms with E-state index in [1.807, 2.05) is 11.0 Å². The Morgan fingerprint density at radius 2 is 1.71 bits per heavy atom. The summed E-state index contributed by atoms with van der Waals surface area (Å²) in [6.45, 7) is 2.02. The molecule has 1 aliphatic carbocycles. The van der Waals surface area contributed by atoms with Crippen molar-refractivity contribution in [1.29, 1.82) is 0 Å². The number of carbonyl (C=O) groups is 2. The Morgan fingerprint density at radius 3 is 2.42 bits per heavy atom. The van der Waals surface area contributed by atoms with Crippen LogP contribution in [0.2, 0.25) is 0 Å². The smallest absolute Gasteiger partial charge is 0.254 e. The highest BCUT2D eigenvalue weighted by molar-refractivity contribution is 5.95. The summed E-state index contributed by atoms with van der Waals surface area (Å²) in [6.07, 6.45) is 2.28. The predicted octanol–water partition coefficient (Wildman–Crippen LogP) is 1.89. The molecule has 1 saturated heterocycles. The fourth-order valence-corrected chi connectivity index (χ4v) is 4.15. The molecule has 3 aromatic rings. The maximum atomic E-state index is 13.1. The molecule has 2 atom stereocenters. The number of hydrogen-bond donors (Lipinski definition) is 0. The van der Waals surface area contributed by atoms with Crippen LogP contribution in [0.15, 0.2) is 54.9 Å². The van der Waals surface area contributed by atoms with E-state index in [4.69, 9.17) is 0 Å². The molecule has 2 amide bonds. The van der Waals surface area contributed by atoms with Gasteiger partial charge in [-0.15, -0.1) is 5.10 Å². The summed E-state index contributed by atoms with van der Waals surface area (Å²) in [4.78, 5) is 29.4. The molecule has 2 aromatic carbocycles. The van der Waals surface area contributed by atoms with Crippen LogP contribution in [0.4, 0.5) is 4.39 Å². The molecule has 8 nitrogen and oxygen atoms in total. The van der Waals surface area contributed by atoms with Gasteiger partial charge in [0.05, 0.1) is 5.69 Å². The molecule has 0 spiro atoms. The Labute approximate surface area is 178 Å². The first-order valence-corrected chi connectivity index (χ1v) is 10.3. The van der Waals surface area contributed by atoms with E-state index in [0.29, 0.717) is 37.4 Å². The molecule has 2 aliphatic rings. The van der Waals surface area contributed by atoms with Gasteiger partial charge >= 0.3 is 0 Å². The highest BCUT2D eigenvalue weighted by Gasteiger charge is 2.46. The van der Waals surface area contributed by atoms with Crippen molar-refractivity contribution < 1.29 is 14.0 Å². The molecule has 158 valence electrons. The molecule has 0 radical (unpaired) electrons. The lowest BCUT2D eigenvalue weighted by molar-refractivity contribution is -0.134. The lowest BCUT2D eigenvalue weighted by atomic mass is 10.1. The lowest BCUT2D eigenvalue weighted by Gasteiger charge is -2.35. The highest BCUT2D eigenvalue weighted by atomic mass is 19.1. The monoisotopic (exact) mass is 420 g/mol. The van der Waals surface area contributed by atoms with E-state index < -0.39 is 0 Å². The first-order valence-electron chi connectivity index (χ1n) is 10.3. The topological polar surface area (TPSA) is 84.2 Å². The minimum Gasteiger partial charge on any atom is -0.339 e. The van der Waals surface area contributed by atoms with Gasteiger partial charge in [-0.25, -0.2) is 9.07 Å². The number of tetrazole rings is 1. The standard InChI is InChI=1S/C22H21FN6O2/c23-17-6-4-15(5-7-17)19-13-20(19)22(31)28-10-8-27(9-11-28)21(30)16-2-1-3-18(12-16)29-14-24-25-26-29/h1-7,12,14,19-20H,8-11,13H2/t19?,20-/m1/s1. The fraction of sp³-hybridized carbons (Fsp3) is 0.318. The average Bonchev–Trinajstić information content (AvgIpc) is 3.42. The van der Waals surface area contributed by atoms with Crippen LogP contribution in [0, 0.1) is 11.7 Å². The number of hydrogen-bond acceptors (Lipinski definition) is 5. The molecule has 0 bridgehead atoms. The summed E-state index contributed by atoms with van der Waals surface area (Å²) in [6, 6.07) is 13.5. The molecule has 2 fully saturated rings. The Bertz CT molecular complexity index is 1090. The molecule has 9 heteroatoms. The van der Waals surface area contributed by atoms with Crippen LogP contribution in [-0.4, -0.2) is 68.0 Å². The SMILES string of the molecule is O=C(c1cccc(-n2cnnn2)c1)N1CCN(C(=O)[C@@H]2CC2c2ccc(F)cc2)CC1. The Morgan fingerprint density at radius 1 is 0.968 bits per heavy atom. The van der Waals surface area contributed by atoms with Gasteiger partial charge in [-0.2, -0.15) is 0 Å². The van der Waals surface area contributed by atoms with E-state index in [1.165, 1.54) is 23.1 Å². The average molecular weight is 420 g/mol. The molecule has 5 rings (SSSR count). The third kappa shape index (κ3) is 3.90. The molecular weight excluding hydrogens is 399 g/mol. The van der Waals surface area contributed by atoms with Crippen molar-refractivity contribution in [2.45, 2.75) is 12.3 Å². The second kappa shape index (κ2) is 7.90. The number of carbonyl (C=O) groups excluding carboxylic acids is 2.